The van der Waals surface area contributed by atoms with E-state index in [0.717, 1.165) is 19.3 Å². The summed E-state index contributed by atoms with van der Waals surface area (Å²) in [5.41, 5.74) is 0.167. The Morgan fingerprint density at radius 3 is 2.89 bits per heavy atom. The highest BCUT2D eigenvalue weighted by Crippen LogP contribution is 2.29. The van der Waals surface area contributed by atoms with Crippen molar-refractivity contribution in [3.05, 3.63) is 34.6 Å². The third-order valence-corrected chi connectivity index (χ3v) is 4.25. The maximum absolute atomic E-state index is 13.2. The van der Waals surface area contributed by atoms with E-state index in [4.69, 9.17) is 23.2 Å². The van der Waals surface area contributed by atoms with Crippen LogP contribution in [0.5, 0.6) is 0 Å². The summed E-state index contributed by atoms with van der Waals surface area (Å²) in [6.07, 6.45) is 3.10. The number of carbonyl (C=O) groups excluding carboxylic acids is 1. The Labute approximate surface area is 115 Å². The molecule has 1 N–H and O–H groups in total. The zero-order valence-corrected chi connectivity index (χ0v) is 11.3. The Bertz CT molecular complexity index is 453. The molecule has 1 aliphatic rings. The van der Waals surface area contributed by atoms with Gasteiger partial charge >= 0.3 is 0 Å². The van der Waals surface area contributed by atoms with Gasteiger partial charge in [-0.1, -0.05) is 24.1 Å². The SMILES string of the molecule is O=C(NCC1CCCC1Cl)c1cccc(F)c1Cl. The van der Waals surface area contributed by atoms with Crippen molar-refractivity contribution in [2.75, 3.05) is 6.54 Å². The summed E-state index contributed by atoms with van der Waals surface area (Å²) >= 11 is 11.9. The molecule has 1 amide bonds. The molecule has 0 spiro atoms. The second-order valence-corrected chi connectivity index (χ2v) is 5.46. The quantitative estimate of drug-likeness (QED) is 0.846. The van der Waals surface area contributed by atoms with Crippen molar-refractivity contribution >= 4 is 29.1 Å². The molecule has 2 nitrogen and oxygen atoms in total. The van der Waals surface area contributed by atoms with E-state index >= 15 is 0 Å². The molecular formula is C13H14Cl2FNO. The van der Waals surface area contributed by atoms with Crippen molar-refractivity contribution in [2.45, 2.75) is 24.6 Å². The highest BCUT2D eigenvalue weighted by atomic mass is 35.5. The van der Waals surface area contributed by atoms with Crippen LogP contribution in [-0.4, -0.2) is 17.8 Å². The molecule has 0 bridgehead atoms. The minimum absolute atomic E-state index is 0.119. The van der Waals surface area contributed by atoms with E-state index < -0.39 is 5.82 Å². The Morgan fingerprint density at radius 2 is 2.22 bits per heavy atom. The van der Waals surface area contributed by atoms with Crippen LogP contribution in [-0.2, 0) is 0 Å². The molecule has 0 saturated heterocycles. The van der Waals surface area contributed by atoms with Crippen LogP contribution in [0.4, 0.5) is 4.39 Å². The van der Waals surface area contributed by atoms with Crippen molar-refractivity contribution in [3.63, 3.8) is 0 Å². The van der Waals surface area contributed by atoms with Crippen LogP contribution >= 0.6 is 23.2 Å². The first-order valence-electron chi connectivity index (χ1n) is 5.96. The number of carbonyl (C=O) groups is 1. The Morgan fingerprint density at radius 1 is 1.44 bits per heavy atom. The largest absolute Gasteiger partial charge is 0.352 e. The first kappa shape index (κ1) is 13.6. The van der Waals surface area contributed by atoms with Gasteiger partial charge in [0, 0.05) is 11.9 Å². The lowest BCUT2D eigenvalue weighted by molar-refractivity contribution is 0.0947. The number of alkyl halides is 1. The Kier molecular flexibility index (Phi) is 4.46. The summed E-state index contributed by atoms with van der Waals surface area (Å²) in [6, 6.07) is 4.20. The first-order valence-corrected chi connectivity index (χ1v) is 6.77. The molecule has 18 heavy (non-hydrogen) atoms. The predicted octanol–water partition coefficient (Wildman–Crippen LogP) is 3.62. The number of nitrogens with one attached hydrogen (secondary N) is 1. The summed E-state index contributed by atoms with van der Waals surface area (Å²) in [5, 5.41) is 2.75. The van der Waals surface area contributed by atoms with Crippen molar-refractivity contribution in [2.24, 2.45) is 5.92 Å². The highest BCUT2D eigenvalue weighted by molar-refractivity contribution is 6.34. The third-order valence-electron chi connectivity index (χ3n) is 3.29. The minimum Gasteiger partial charge on any atom is -0.352 e. The van der Waals surface area contributed by atoms with Crippen molar-refractivity contribution < 1.29 is 9.18 Å². The average molecular weight is 290 g/mol. The van der Waals surface area contributed by atoms with Crippen LogP contribution in [0, 0.1) is 11.7 Å². The predicted molar refractivity (Wildman–Crippen MR) is 70.7 cm³/mol. The van der Waals surface area contributed by atoms with Gasteiger partial charge in [-0.05, 0) is 30.9 Å². The van der Waals surface area contributed by atoms with Gasteiger partial charge in [0.15, 0.2) is 0 Å². The van der Waals surface area contributed by atoms with Crippen LogP contribution in [0.15, 0.2) is 18.2 Å². The molecule has 0 aromatic heterocycles. The van der Waals surface area contributed by atoms with Crippen molar-refractivity contribution in [1.29, 1.82) is 0 Å². The van der Waals surface area contributed by atoms with Crippen LogP contribution in [0.25, 0.3) is 0 Å². The van der Waals surface area contributed by atoms with E-state index in [1.807, 2.05) is 0 Å². The fraction of sp³-hybridized carbons (Fsp3) is 0.462. The number of halogens is 3. The first-order chi connectivity index (χ1) is 8.59. The fourth-order valence-corrected chi connectivity index (χ4v) is 2.80. The molecule has 1 fully saturated rings. The molecule has 0 heterocycles. The molecule has 1 aromatic rings. The zero-order chi connectivity index (χ0) is 13.1. The lowest BCUT2D eigenvalue weighted by Gasteiger charge is -2.14. The Balaban J connectivity index is 1.97. The standard InChI is InChI=1S/C13H14Cl2FNO/c14-10-5-1-3-8(10)7-17-13(18)9-4-2-6-11(16)12(9)15/h2,4,6,8,10H,1,3,5,7H2,(H,17,18). The molecule has 2 atom stereocenters. The Hall–Kier alpha value is -0.800. The summed E-state index contributed by atoms with van der Waals surface area (Å²) < 4.78 is 13.2. The molecule has 1 aromatic carbocycles. The third kappa shape index (κ3) is 2.96. The van der Waals surface area contributed by atoms with E-state index in [0.29, 0.717) is 12.5 Å². The molecule has 2 unspecified atom stereocenters. The van der Waals surface area contributed by atoms with Gasteiger partial charge in [-0.2, -0.15) is 0 Å². The summed E-state index contributed by atoms with van der Waals surface area (Å²) in [6.45, 7) is 0.514. The topological polar surface area (TPSA) is 29.1 Å². The van der Waals surface area contributed by atoms with E-state index in [1.165, 1.54) is 18.2 Å². The molecule has 5 heteroatoms. The van der Waals surface area contributed by atoms with Gasteiger partial charge in [-0.25, -0.2) is 4.39 Å². The maximum atomic E-state index is 13.2. The van der Waals surface area contributed by atoms with E-state index in [1.54, 1.807) is 0 Å². The normalized spacial score (nSPS) is 23.1. The second-order valence-electron chi connectivity index (χ2n) is 4.52. The van der Waals surface area contributed by atoms with Gasteiger partial charge in [0.25, 0.3) is 5.91 Å². The number of hydrogen-bond donors (Lipinski definition) is 1. The van der Waals surface area contributed by atoms with Gasteiger partial charge in [-0.15, -0.1) is 11.6 Å². The number of benzene rings is 1. The van der Waals surface area contributed by atoms with Gasteiger partial charge in [0.1, 0.15) is 5.82 Å². The molecule has 98 valence electrons. The van der Waals surface area contributed by atoms with Crippen molar-refractivity contribution in [3.8, 4) is 0 Å². The van der Waals surface area contributed by atoms with Crippen LogP contribution in [0.1, 0.15) is 29.6 Å². The van der Waals surface area contributed by atoms with Gasteiger partial charge in [-0.3, -0.25) is 4.79 Å². The average Bonchev–Trinajstić information content (AvgIpc) is 2.75. The van der Waals surface area contributed by atoms with Crippen molar-refractivity contribution in [1.82, 2.24) is 5.32 Å². The summed E-state index contributed by atoms with van der Waals surface area (Å²) in [7, 11) is 0. The summed E-state index contributed by atoms with van der Waals surface area (Å²) in [4.78, 5) is 11.9. The van der Waals surface area contributed by atoms with E-state index in [2.05, 4.69) is 5.32 Å². The van der Waals surface area contributed by atoms with E-state index in [9.17, 15) is 9.18 Å². The van der Waals surface area contributed by atoms with Crippen LogP contribution in [0.2, 0.25) is 5.02 Å². The van der Waals surface area contributed by atoms with Gasteiger partial charge in [0.05, 0.1) is 10.6 Å². The summed E-state index contributed by atoms with van der Waals surface area (Å²) in [5.74, 6) is -0.640. The lowest BCUT2D eigenvalue weighted by atomic mass is 10.1. The molecule has 2 rings (SSSR count). The van der Waals surface area contributed by atoms with Crippen LogP contribution in [0.3, 0.4) is 0 Å². The molecule has 1 aliphatic carbocycles. The zero-order valence-electron chi connectivity index (χ0n) is 9.76. The number of amides is 1. The second kappa shape index (κ2) is 5.89. The number of rotatable bonds is 3. The monoisotopic (exact) mass is 289 g/mol. The van der Waals surface area contributed by atoms with Crippen LogP contribution < -0.4 is 5.32 Å². The molecule has 1 saturated carbocycles. The van der Waals surface area contributed by atoms with Gasteiger partial charge in [0.2, 0.25) is 0 Å². The number of hydrogen-bond acceptors (Lipinski definition) is 1. The molecule has 0 radical (unpaired) electrons. The lowest BCUT2D eigenvalue weighted by Crippen LogP contribution is -2.31. The fourth-order valence-electron chi connectivity index (χ4n) is 2.22. The molecular weight excluding hydrogens is 276 g/mol. The van der Waals surface area contributed by atoms with E-state index in [-0.39, 0.29) is 21.9 Å². The van der Waals surface area contributed by atoms with Gasteiger partial charge < -0.3 is 5.32 Å². The molecule has 0 aliphatic heterocycles. The maximum Gasteiger partial charge on any atom is 0.252 e. The minimum atomic E-state index is -0.583. The smallest absolute Gasteiger partial charge is 0.252 e. The highest BCUT2D eigenvalue weighted by Gasteiger charge is 2.25.